The van der Waals surface area contributed by atoms with Crippen LogP contribution in [0.2, 0.25) is 0 Å². The molecule has 0 aliphatic carbocycles. The molecule has 0 saturated heterocycles. The molecule has 0 saturated carbocycles. The first kappa shape index (κ1) is 17.0. The normalized spacial score (nSPS) is 10.8. The van der Waals surface area contributed by atoms with Gasteiger partial charge in [0.15, 0.2) is 0 Å². The highest BCUT2D eigenvalue weighted by Crippen LogP contribution is 2.31. The van der Waals surface area contributed by atoms with E-state index < -0.39 is 17.2 Å². The molecule has 0 aliphatic heterocycles. The number of rotatable bonds is 4. The predicted octanol–water partition coefficient (Wildman–Crippen LogP) is 3.06. The summed E-state index contributed by atoms with van der Waals surface area (Å²) in [6, 6.07) is 18.0. The Balaban J connectivity index is 1.64. The number of aromatic nitrogens is 2. The minimum absolute atomic E-state index is 0.363. The number of hydrogen-bond acceptors (Lipinski definition) is 4. The molecule has 0 spiro atoms. The van der Waals surface area contributed by atoms with Crippen molar-refractivity contribution in [3.63, 3.8) is 0 Å². The van der Waals surface area contributed by atoms with Gasteiger partial charge < -0.3 is 10.3 Å². The summed E-state index contributed by atoms with van der Waals surface area (Å²) in [6.07, 6.45) is 0. The van der Waals surface area contributed by atoms with Gasteiger partial charge in [-0.3, -0.25) is 14.2 Å². The van der Waals surface area contributed by atoms with Gasteiger partial charge in [0, 0.05) is 16.1 Å². The van der Waals surface area contributed by atoms with Crippen molar-refractivity contribution in [2.75, 3.05) is 5.32 Å². The van der Waals surface area contributed by atoms with Crippen molar-refractivity contribution in [1.29, 1.82) is 0 Å². The smallest absolute Gasteiger partial charge is 0.324 e. The highest BCUT2D eigenvalue weighted by atomic mass is 32.1. The molecule has 0 fully saturated rings. The molecule has 27 heavy (non-hydrogen) atoms. The first-order valence-electron chi connectivity index (χ1n) is 8.28. The lowest BCUT2D eigenvalue weighted by molar-refractivity contribution is -0.116. The molecule has 0 radical (unpaired) electrons. The van der Waals surface area contributed by atoms with Crippen molar-refractivity contribution in [2.45, 2.75) is 6.54 Å². The number of carbonyl (C=O) groups is 1. The molecule has 1 amide bonds. The second kappa shape index (κ2) is 7.05. The summed E-state index contributed by atoms with van der Waals surface area (Å²) in [6.45, 7) is -0.363. The standard InChI is InChI=1S/C20H15N3O3S/c24-18(21-15-8-3-1-6-13(15)17-10-5-11-27-17)12-23-19(25)14-7-2-4-9-16(14)22-20(23)26/h1-11H,12H2,(H,21,24)(H,22,26). The lowest BCUT2D eigenvalue weighted by Gasteiger charge is -2.11. The van der Waals surface area contributed by atoms with Crippen LogP contribution in [0.5, 0.6) is 0 Å². The van der Waals surface area contributed by atoms with Gasteiger partial charge in [0.2, 0.25) is 5.91 Å². The molecule has 4 aromatic rings. The monoisotopic (exact) mass is 377 g/mol. The van der Waals surface area contributed by atoms with Crippen LogP contribution in [0.25, 0.3) is 21.3 Å². The Kier molecular flexibility index (Phi) is 4.43. The lowest BCUT2D eigenvalue weighted by Crippen LogP contribution is -2.38. The zero-order valence-electron chi connectivity index (χ0n) is 14.1. The fourth-order valence-corrected chi connectivity index (χ4v) is 3.68. The lowest BCUT2D eigenvalue weighted by atomic mass is 10.1. The van der Waals surface area contributed by atoms with Crippen LogP contribution in [-0.4, -0.2) is 15.5 Å². The van der Waals surface area contributed by atoms with Crippen molar-refractivity contribution in [1.82, 2.24) is 9.55 Å². The summed E-state index contributed by atoms with van der Waals surface area (Å²) >= 11 is 1.57. The van der Waals surface area contributed by atoms with Gasteiger partial charge in [0.1, 0.15) is 6.54 Å². The van der Waals surface area contributed by atoms with Gasteiger partial charge in [-0.15, -0.1) is 11.3 Å². The number of amides is 1. The number of aromatic amines is 1. The summed E-state index contributed by atoms with van der Waals surface area (Å²) in [4.78, 5) is 41.0. The fraction of sp³-hybridized carbons (Fsp3) is 0.0500. The van der Waals surface area contributed by atoms with Gasteiger partial charge in [-0.05, 0) is 29.6 Å². The molecule has 2 aromatic carbocycles. The summed E-state index contributed by atoms with van der Waals surface area (Å²) < 4.78 is 0.908. The van der Waals surface area contributed by atoms with Crippen LogP contribution in [0.15, 0.2) is 75.6 Å². The number of nitrogens with one attached hydrogen (secondary N) is 2. The number of carbonyl (C=O) groups excluding carboxylic acids is 1. The highest BCUT2D eigenvalue weighted by molar-refractivity contribution is 7.13. The molecular formula is C20H15N3O3S. The molecular weight excluding hydrogens is 362 g/mol. The molecule has 4 rings (SSSR count). The summed E-state index contributed by atoms with van der Waals surface area (Å²) in [5.74, 6) is -0.443. The topological polar surface area (TPSA) is 84.0 Å². The fourth-order valence-electron chi connectivity index (χ4n) is 2.91. The van der Waals surface area contributed by atoms with Gasteiger partial charge in [0.05, 0.1) is 10.9 Å². The van der Waals surface area contributed by atoms with Gasteiger partial charge >= 0.3 is 5.69 Å². The van der Waals surface area contributed by atoms with Crippen LogP contribution < -0.4 is 16.6 Å². The molecule has 2 aromatic heterocycles. The third-order valence-electron chi connectivity index (χ3n) is 4.18. The predicted molar refractivity (Wildman–Crippen MR) is 107 cm³/mol. The molecule has 0 atom stereocenters. The Morgan fingerprint density at radius 1 is 1.00 bits per heavy atom. The molecule has 7 heteroatoms. The minimum Gasteiger partial charge on any atom is -0.324 e. The molecule has 0 unspecified atom stereocenters. The van der Waals surface area contributed by atoms with Crippen LogP contribution in [0, 0.1) is 0 Å². The number of nitrogens with zero attached hydrogens (tertiary/aromatic N) is 1. The maximum atomic E-state index is 12.6. The van der Waals surface area contributed by atoms with Crippen LogP contribution in [0.3, 0.4) is 0 Å². The average molecular weight is 377 g/mol. The van der Waals surface area contributed by atoms with Gasteiger partial charge in [-0.2, -0.15) is 0 Å². The van der Waals surface area contributed by atoms with Crippen LogP contribution in [-0.2, 0) is 11.3 Å². The first-order valence-corrected chi connectivity index (χ1v) is 9.16. The minimum atomic E-state index is -0.611. The third kappa shape index (κ3) is 3.32. The number of thiophene rings is 1. The van der Waals surface area contributed by atoms with E-state index in [0.29, 0.717) is 16.6 Å². The quantitative estimate of drug-likeness (QED) is 0.573. The summed E-state index contributed by atoms with van der Waals surface area (Å²) in [7, 11) is 0. The van der Waals surface area contributed by atoms with E-state index in [1.54, 1.807) is 41.7 Å². The Bertz CT molecular complexity index is 1240. The van der Waals surface area contributed by atoms with Crippen LogP contribution in [0.1, 0.15) is 0 Å². The van der Waals surface area contributed by atoms with E-state index >= 15 is 0 Å². The van der Waals surface area contributed by atoms with Gasteiger partial charge in [0.25, 0.3) is 5.56 Å². The Morgan fingerprint density at radius 2 is 1.78 bits per heavy atom. The number of para-hydroxylation sites is 2. The van der Waals surface area contributed by atoms with E-state index in [1.165, 1.54) is 0 Å². The van der Waals surface area contributed by atoms with Crippen LogP contribution in [0.4, 0.5) is 5.69 Å². The van der Waals surface area contributed by atoms with Crippen molar-refractivity contribution in [3.8, 4) is 10.4 Å². The second-order valence-electron chi connectivity index (χ2n) is 5.94. The highest BCUT2D eigenvalue weighted by Gasteiger charge is 2.13. The van der Waals surface area contributed by atoms with Gasteiger partial charge in [-0.1, -0.05) is 36.4 Å². The molecule has 0 bridgehead atoms. The Morgan fingerprint density at radius 3 is 2.59 bits per heavy atom. The van der Waals surface area contributed by atoms with Crippen molar-refractivity contribution < 1.29 is 4.79 Å². The maximum Gasteiger partial charge on any atom is 0.329 e. The van der Waals surface area contributed by atoms with Crippen molar-refractivity contribution in [2.24, 2.45) is 0 Å². The molecule has 0 aliphatic rings. The maximum absolute atomic E-state index is 12.6. The van der Waals surface area contributed by atoms with Crippen LogP contribution >= 0.6 is 11.3 Å². The molecule has 6 nitrogen and oxygen atoms in total. The summed E-state index contributed by atoms with van der Waals surface area (Å²) in [5.41, 5.74) is 0.875. The summed E-state index contributed by atoms with van der Waals surface area (Å²) in [5, 5.41) is 5.13. The molecule has 2 heterocycles. The zero-order chi connectivity index (χ0) is 18.8. The molecule has 134 valence electrons. The van der Waals surface area contributed by atoms with E-state index in [2.05, 4.69) is 10.3 Å². The van der Waals surface area contributed by atoms with Crippen molar-refractivity contribution >= 4 is 33.8 Å². The van der Waals surface area contributed by atoms with E-state index in [4.69, 9.17) is 0 Å². The Labute approximate surface area is 157 Å². The SMILES string of the molecule is O=C(Cn1c(=O)[nH]c2ccccc2c1=O)Nc1ccccc1-c1cccs1. The second-order valence-corrected chi connectivity index (χ2v) is 6.89. The number of benzene rings is 2. The largest absolute Gasteiger partial charge is 0.329 e. The van der Waals surface area contributed by atoms with Gasteiger partial charge in [-0.25, -0.2) is 4.79 Å². The number of H-pyrrole nitrogens is 1. The first-order chi connectivity index (χ1) is 13.1. The van der Waals surface area contributed by atoms with E-state index in [1.807, 2.05) is 35.7 Å². The average Bonchev–Trinajstić information content (AvgIpc) is 3.20. The molecule has 2 N–H and O–H groups in total. The van der Waals surface area contributed by atoms with Crippen molar-refractivity contribution in [3.05, 3.63) is 86.9 Å². The number of fused-ring (bicyclic) bond motifs is 1. The van der Waals surface area contributed by atoms with E-state index in [-0.39, 0.29) is 6.54 Å². The zero-order valence-corrected chi connectivity index (χ0v) is 15.0. The van der Waals surface area contributed by atoms with E-state index in [0.717, 1.165) is 15.0 Å². The Hall–Kier alpha value is -3.45. The number of anilines is 1. The van der Waals surface area contributed by atoms with E-state index in [9.17, 15) is 14.4 Å². The number of hydrogen-bond donors (Lipinski definition) is 2. The third-order valence-corrected chi connectivity index (χ3v) is 5.08.